The number of aryl methyl sites for hydroxylation is 2. The number of nitrogens with one attached hydrogen (secondary N) is 2. The highest BCUT2D eigenvalue weighted by atomic mass is 16.2. The van der Waals surface area contributed by atoms with Gasteiger partial charge in [-0.1, -0.05) is 13.8 Å². The van der Waals surface area contributed by atoms with E-state index in [9.17, 15) is 9.59 Å². The highest BCUT2D eigenvalue weighted by molar-refractivity contribution is 5.97. The van der Waals surface area contributed by atoms with Crippen LogP contribution in [0.3, 0.4) is 0 Å². The Labute approximate surface area is 147 Å². The van der Waals surface area contributed by atoms with Gasteiger partial charge in [0, 0.05) is 12.6 Å². The van der Waals surface area contributed by atoms with E-state index in [1.54, 1.807) is 23.9 Å². The second-order valence-corrected chi connectivity index (χ2v) is 6.43. The van der Waals surface area contributed by atoms with Crippen molar-refractivity contribution in [3.05, 3.63) is 41.5 Å². The van der Waals surface area contributed by atoms with Crippen molar-refractivity contribution in [3.8, 4) is 5.69 Å². The zero-order valence-electron chi connectivity index (χ0n) is 15.3. The Hall–Kier alpha value is -2.70. The fraction of sp³-hybridized carbons (Fsp3) is 0.444. The maximum absolute atomic E-state index is 12.4. The maximum atomic E-state index is 12.4. The third kappa shape index (κ3) is 4.65. The molecule has 1 heterocycles. The molecular formula is C18H25N5O2. The summed E-state index contributed by atoms with van der Waals surface area (Å²) in [5.41, 5.74) is 1.33. The zero-order valence-corrected chi connectivity index (χ0v) is 15.3. The van der Waals surface area contributed by atoms with E-state index in [0.29, 0.717) is 23.7 Å². The first kappa shape index (κ1) is 18.6. The highest BCUT2D eigenvalue weighted by Gasteiger charge is 2.21. The van der Waals surface area contributed by atoms with Gasteiger partial charge in [-0.3, -0.25) is 9.59 Å². The summed E-state index contributed by atoms with van der Waals surface area (Å²) in [4.78, 5) is 28.7. The van der Waals surface area contributed by atoms with Gasteiger partial charge < -0.3 is 10.6 Å². The van der Waals surface area contributed by atoms with E-state index in [-0.39, 0.29) is 11.8 Å². The molecule has 1 atom stereocenters. The van der Waals surface area contributed by atoms with Crippen molar-refractivity contribution in [2.24, 2.45) is 5.92 Å². The highest BCUT2D eigenvalue weighted by Crippen LogP contribution is 2.12. The summed E-state index contributed by atoms with van der Waals surface area (Å²) in [5.74, 6) is 1.32. The lowest BCUT2D eigenvalue weighted by molar-refractivity contribution is -0.122. The van der Waals surface area contributed by atoms with Crippen LogP contribution in [0.5, 0.6) is 0 Å². The first-order valence-corrected chi connectivity index (χ1v) is 8.35. The third-order valence-electron chi connectivity index (χ3n) is 3.82. The molecule has 0 aliphatic heterocycles. The number of amides is 2. The van der Waals surface area contributed by atoms with Crippen molar-refractivity contribution in [1.82, 2.24) is 25.4 Å². The summed E-state index contributed by atoms with van der Waals surface area (Å²) in [6, 6.07) is 6.52. The number of benzene rings is 1. The van der Waals surface area contributed by atoms with Crippen LogP contribution in [0.1, 0.15) is 42.3 Å². The van der Waals surface area contributed by atoms with E-state index in [0.717, 1.165) is 11.5 Å². The predicted octanol–water partition coefficient (Wildman–Crippen LogP) is 1.77. The van der Waals surface area contributed by atoms with E-state index in [1.807, 2.05) is 39.8 Å². The number of nitrogens with zero attached hydrogens (tertiary/aromatic N) is 3. The van der Waals surface area contributed by atoms with Crippen molar-refractivity contribution in [2.45, 2.75) is 40.2 Å². The van der Waals surface area contributed by atoms with Gasteiger partial charge in [0.25, 0.3) is 5.91 Å². The van der Waals surface area contributed by atoms with Gasteiger partial charge in [-0.15, -0.1) is 0 Å². The lowest BCUT2D eigenvalue weighted by atomic mass is 10.0. The van der Waals surface area contributed by atoms with Gasteiger partial charge in [0.2, 0.25) is 5.91 Å². The molecule has 2 aromatic rings. The van der Waals surface area contributed by atoms with Gasteiger partial charge in [0.15, 0.2) is 0 Å². The number of carbonyl (C=O) groups is 2. The molecule has 25 heavy (non-hydrogen) atoms. The summed E-state index contributed by atoms with van der Waals surface area (Å²) in [7, 11) is 1.57. The van der Waals surface area contributed by atoms with E-state index in [1.165, 1.54) is 0 Å². The van der Waals surface area contributed by atoms with E-state index >= 15 is 0 Å². The molecule has 2 rings (SSSR count). The number of hydrogen-bond donors (Lipinski definition) is 2. The normalized spacial score (nSPS) is 12.1. The average molecular weight is 343 g/mol. The standard InChI is InChI=1S/C18H25N5O2/c1-11(2)10-16(18(25)19-5)21-17(24)14-6-8-15(9-7-14)23-13(4)20-12(3)22-23/h6-9,11,16H,10H2,1-5H3,(H,19,25)(H,21,24). The molecule has 2 amide bonds. The molecule has 0 bridgehead atoms. The molecule has 0 spiro atoms. The zero-order chi connectivity index (χ0) is 18.6. The fourth-order valence-corrected chi connectivity index (χ4v) is 2.64. The SMILES string of the molecule is CNC(=O)C(CC(C)C)NC(=O)c1ccc(-n2nc(C)nc2C)cc1. The minimum absolute atomic E-state index is 0.188. The molecule has 0 saturated heterocycles. The Bertz CT molecular complexity index is 749. The third-order valence-corrected chi connectivity index (χ3v) is 3.82. The minimum atomic E-state index is -0.544. The number of rotatable bonds is 6. The van der Waals surface area contributed by atoms with Crippen LogP contribution in [-0.4, -0.2) is 39.7 Å². The molecule has 1 aromatic heterocycles. The van der Waals surface area contributed by atoms with E-state index in [2.05, 4.69) is 20.7 Å². The molecule has 2 N–H and O–H groups in total. The predicted molar refractivity (Wildman–Crippen MR) is 95.6 cm³/mol. The summed E-state index contributed by atoms with van der Waals surface area (Å²) in [5, 5.41) is 9.72. The van der Waals surface area contributed by atoms with Crippen LogP contribution < -0.4 is 10.6 Å². The molecule has 1 unspecified atom stereocenters. The number of hydrogen-bond acceptors (Lipinski definition) is 4. The topological polar surface area (TPSA) is 88.9 Å². The van der Waals surface area contributed by atoms with Crippen LogP contribution in [0.4, 0.5) is 0 Å². The van der Waals surface area contributed by atoms with Gasteiger partial charge in [-0.25, -0.2) is 9.67 Å². The lowest BCUT2D eigenvalue weighted by Crippen LogP contribution is -2.46. The van der Waals surface area contributed by atoms with Crippen LogP contribution in [0, 0.1) is 19.8 Å². The summed E-state index contributed by atoms with van der Waals surface area (Å²) >= 11 is 0. The number of aromatic nitrogens is 3. The Morgan fingerprint density at radius 2 is 1.80 bits per heavy atom. The molecule has 0 aliphatic rings. The lowest BCUT2D eigenvalue weighted by Gasteiger charge is -2.19. The summed E-state index contributed by atoms with van der Waals surface area (Å²) < 4.78 is 1.73. The van der Waals surface area contributed by atoms with Crippen LogP contribution in [0.2, 0.25) is 0 Å². The van der Waals surface area contributed by atoms with Gasteiger partial charge in [0.1, 0.15) is 17.7 Å². The van der Waals surface area contributed by atoms with Gasteiger partial charge in [-0.05, 0) is 50.5 Å². The van der Waals surface area contributed by atoms with Crippen LogP contribution in [0.15, 0.2) is 24.3 Å². The largest absolute Gasteiger partial charge is 0.357 e. The second kappa shape index (κ2) is 7.92. The monoisotopic (exact) mass is 343 g/mol. The minimum Gasteiger partial charge on any atom is -0.357 e. The Morgan fingerprint density at radius 3 is 2.28 bits per heavy atom. The van der Waals surface area contributed by atoms with Crippen molar-refractivity contribution < 1.29 is 9.59 Å². The molecule has 134 valence electrons. The Kier molecular flexibility index (Phi) is 5.90. The average Bonchev–Trinajstić information content (AvgIpc) is 2.91. The van der Waals surface area contributed by atoms with Crippen LogP contribution in [-0.2, 0) is 4.79 Å². The van der Waals surface area contributed by atoms with Crippen molar-refractivity contribution in [2.75, 3.05) is 7.05 Å². The molecule has 0 radical (unpaired) electrons. The fourth-order valence-electron chi connectivity index (χ4n) is 2.64. The molecule has 1 aromatic carbocycles. The second-order valence-electron chi connectivity index (χ2n) is 6.43. The Morgan fingerprint density at radius 1 is 1.16 bits per heavy atom. The number of likely N-dealkylation sites (N-methyl/N-ethyl adjacent to an activating group) is 1. The van der Waals surface area contributed by atoms with Crippen molar-refractivity contribution in [3.63, 3.8) is 0 Å². The van der Waals surface area contributed by atoms with E-state index in [4.69, 9.17) is 0 Å². The van der Waals surface area contributed by atoms with E-state index < -0.39 is 6.04 Å². The van der Waals surface area contributed by atoms with Gasteiger partial charge >= 0.3 is 0 Å². The molecule has 7 heteroatoms. The van der Waals surface area contributed by atoms with Gasteiger partial charge in [-0.2, -0.15) is 5.10 Å². The first-order valence-electron chi connectivity index (χ1n) is 8.35. The quantitative estimate of drug-likeness (QED) is 0.837. The maximum Gasteiger partial charge on any atom is 0.251 e. The van der Waals surface area contributed by atoms with Crippen molar-refractivity contribution in [1.29, 1.82) is 0 Å². The smallest absolute Gasteiger partial charge is 0.251 e. The molecule has 0 fully saturated rings. The van der Waals surface area contributed by atoms with Crippen molar-refractivity contribution >= 4 is 11.8 Å². The van der Waals surface area contributed by atoms with Gasteiger partial charge in [0.05, 0.1) is 5.69 Å². The molecule has 0 aliphatic carbocycles. The van der Waals surface area contributed by atoms with Crippen LogP contribution >= 0.6 is 0 Å². The number of carbonyl (C=O) groups excluding carboxylic acids is 2. The molecule has 0 saturated carbocycles. The van der Waals surface area contributed by atoms with Crippen LogP contribution in [0.25, 0.3) is 5.69 Å². The Balaban J connectivity index is 2.14. The molecular weight excluding hydrogens is 318 g/mol. The summed E-state index contributed by atoms with van der Waals surface area (Å²) in [6.45, 7) is 7.73. The summed E-state index contributed by atoms with van der Waals surface area (Å²) in [6.07, 6.45) is 0.584. The first-order chi connectivity index (χ1) is 11.8. The molecule has 7 nitrogen and oxygen atoms in total.